The van der Waals surface area contributed by atoms with E-state index >= 15 is 0 Å². The first-order valence-corrected chi connectivity index (χ1v) is 7.05. The summed E-state index contributed by atoms with van der Waals surface area (Å²) in [7, 11) is 2.13. The highest BCUT2D eigenvalue weighted by atomic mass is 16.5. The molecule has 1 rings (SSSR count). The van der Waals surface area contributed by atoms with Crippen LogP contribution in [0.2, 0.25) is 0 Å². The maximum absolute atomic E-state index is 11.8. The summed E-state index contributed by atoms with van der Waals surface area (Å²) in [5.74, 6) is 0.478. The summed E-state index contributed by atoms with van der Waals surface area (Å²) in [5, 5.41) is 0. The van der Waals surface area contributed by atoms with Crippen molar-refractivity contribution in [1.82, 2.24) is 4.90 Å². The van der Waals surface area contributed by atoms with E-state index in [0.29, 0.717) is 18.6 Å². The van der Waals surface area contributed by atoms with E-state index in [2.05, 4.69) is 25.8 Å². The van der Waals surface area contributed by atoms with Gasteiger partial charge in [-0.3, -0.25) is 4.79 Å². The van der Waals surface area contributed by atoms with Gasteiger partial charge in [0.15, 0.2) is 0 Å². The largest absolute Gasteiger partial charge is 0.465 e. The van der Waals surface area contributed by atoms with E-state index in [0.717, 1.165) is 25.8 Å². The molecule has 0 aliphatic heterocycles. The van der Waals surface area contributed by atoms with Gasteiger partial charge in [-0.1, -0.05) is 13.8 Å². The first-order chi connectivity index (χ1) is 8.39. The third kappa shape index (κ3) is 3.95. The van der Waals surface area contributed by atoms with Crippen molar-refractivity contribution >= 4 is 5.97 Å². The summed E-state index contributed by atoms with van der Waals surface area (Å²) < 4.78 is 5.07. The number of nitrogens with two attached hydrogens (primary N) is 1. The molecule has 1 saturated carbocycles. The lowest BCUT2D eigenvalue weighted by Gasteiger charge is -2.27. The van der Waals surface area contributed by atoms with Crippen LogP contribution in [0.5, 0.6) is 0 Å². The van der Waals surface area contributed by atoms with Gasteiger partial charge in [-0.15, -0.1) is 0 Å². The Balaban J connectivity index is 2.46. The second kappa shape index (κ2) is 6.53. The zero-order chi connectivity index (χ0) is 13.8. The van der Waals surface area contributed by atoms with Gasteiger partial charge in [0.1, 0.15) is 5.54 Å². The SMILES string of the molecule is CCOC(=O)C1(N)CCC(N(C)CCC(C)C)C1. The molecular formula is C14H28N2O2. The van der Waals surface area contributed by atoms with E-state index in [4.69, 9.17) is 10.5 Å². The highest BCUT2D eigenvalue weighted by Gasteiger charge is 2.44. The molecule has 0 bridgehead atoms. The minimum Gasteiger partial charge on any atom is -0.465 e. The third-order valence-electron chi connectivity index (χ3n) is 3.89. The Hall–Kier alpha value is -0.610. The Bertz CT molecular complexity index is 281. The van der Waals surface area contributed by atoms with Gasteiger partial charge in [0, 0.05) is 6.04 Å². The van der Waals surface area contributed by atoms with E-state index in [1.54, 1.807) is 0 Å². The highest BCUT2D eigenvalue weighted by Crippen LogP contribution is 2.32. The van der Waals surface area contributed by atoms with Crippen LogP contribution < -0.4 is 5.73 Å². The fourth-order valence-electron chi connectivity index (χ4n) is 2.53. The van der Waals surface area contributed by atoms with Gasteiger partial charge in [0.2, 0.25) is 0 Å². The zero-order valence-electron chi connectivity index (χ0n) is 12.2. The van der Waals surface area contributed by atoms with Crippen LogP contribution in [0.25, 0.3) is 0 Å². The Kier molecular flexibility index (Phi) is 5.60. The molecule has 0 radical (unpaired) electrons. The van der Waals surface area contributed by atoms with Gasteiger partial charge in [0.25, 0.3) is 0 Å². The summed E-state index contributed by atoms with van der Waals surface area (Å²) in [5.41, 5.74) is 5.41. The predicted octanol–water partition coefficient (Wildman–Crippen LogP) is 1.78. The fourth-order valence-corrected chi connectivity index (χ4v) is 2.53. The molecule has 1 fully saturated rings. The molecule has 0 heterocycles. The number of hydrogen-bond acceptors (Lipinski definition) is 4. The van der Waals surface area contributed by atoms with Crippen molar-refractivity contribution < 1.29 is 9.53 Å². The van der Waals surface area contributed by atoms with E-state index in [9.17, 15) is 4.79 Å². The number of carbonyl (C=O) groups is 1. The van der Waals surface area contributed by atoms with Crippen molar-refractivity contribution in [2.75, 3.05) is 20.2 Å². The normalized spacial score (nSPS) is 28.1. The molecule has 0 aromatic carbocycles. The van der Waals surface area contributed by atoms with E-state index in [1.807, 2.05) is 6.92 Å². The van der Waals surface area contributed by atoms with Gasteiger partial charge >= 0.3 is 5.97 Å². The summed E-state index contributed by atoms with van der Waals surface area (Å²) in [6, 6.07) is 0.415. The van der Waals surface area contributed by atoms with Crippen molar-refractivity contribution in [1.29, 1.82) is 0 Å². The standard InChI is InChI=1S/C14H28N2O2/c1-5-18-13(17)14(15)8-6-12(10-14)16(4)9-7-11(2)3/h11-12H,5-10,15H2,1-4H3. The summed E-state index contributed by atoms with van der Waals surface area (Å²) >= 11 is 0. The van der Waals surface area contributed by atoms with Crippen LogP contribution in [-0.4, -0.2) is 42.6 Å². The quantitative estimate of drug-likeness (QED) is 0.736. The Morgan fingerprint density at radius 3 is 2.78 bits per heavy atom. The van der Waals surface area contributed by atoms with E-state index < -0.39 is 5.54 Å². The monoisotopic (exact) mass is 256 g/mol. The minimum atomic E-state index is -0.757. The van der Waals surface area contributed by atoms with Gasteiger partial charge in [-0.25, -0.2) is 0 Å². The maximum atomic E-state index is 11.8. The van der Waals surface area contributed by atoms with Gasteiger partial charge < -0.3 is 15.4 Å². The topological polar surface area (TPSA) is 55.6 Å². The molecule has 18 heavy (non-hydrogen) atoms. The maximum Gasteiger partial charge on any atom is 0.326 e. The smallest absolute Gasteiger partial charge is 0.326 e. The lowest BCUT2D eigenvalue weighted by molar-refractivity contribution is -0.149. The van der Waals surface area contributed by atoms with Crippen LogP contribution in [0.3, 0.4) is 0 Å². The Labute approximate surface area is 111 Å². The molecule has 4 nitrogen and oxygen atoms in total. The molecule has 1 aliphatic rings. The second-order valence-corrected chi connectivity index (χ2v) is 5.94. The lowest BCUT2D eigenvalue weighted by Crippen LogP contribution is -2.48. The van der Waals surface area contributed by atoms with Crippen molar-refractivity contribution in [2.45, 2.75) is 58.0 Å². The molecule has 1 aliphatic carbocycles. The molecule has 106 valence electrons. The first kappa shape index (κ1) is 15.4. The van der Waals surface area contributed by atoms with Crippen LogP contribution in [0, 0.1) is 5.92 Å². The third-order valence-corrected chi connectivity index (χ3v) is 3.89. The molecule has 0 amide bonds. The van der Waals surface area contributed by atoms with E-state index in [-0.39, 0.29) is 5.97 Å². The molecule has 0 saturated heterocycles. The molecular weight excluding hydrogens is 228 g/mol. The molecule has 0 aromatic rings. The molecule has 2 atom stereocenters. The number of hydrogen-bond donors (Lipinski definition) is 1. The number of rotatable bonds is 6. The fraction of sp³-hybridized carbons (Fsp3) is 0.929. The first-order valence-electron chi connectivity index (χ1n) is 7.05. The summed E-state index contributed by atoms with van der Waals surface area (Å²) in [6.07, 6.45) is 3.64. The second-order valence-electron chi connectivity index (χ2n) is 5.94. The summed E-state index contributed by atoms with van der Waals surface area (Å²) in [4.78, 5) is 14.2. The lowest BCUT2D eigenvalue weighted by atomic mass is 9.99. The number of ether oxygens (including phenoxy) is 1. The predicted molar refractivity (Wildman–Crippen MR) is 73.3 cm³/mol. The number of esters is 1. The van der Waals surface area contributed by atoms with Crippen LogP contribution in [0.1, 0.15) is 46.5 Å². The van der Waals surface area contributed by atoms with E-state index in [1.165, 1.54) is 6.42 Å². The minimum absolute atomic E-state index is 0.232. The van der Waals surface area contributed by atoms with Crippen molar-refractivity contribution in [3.8, 4) is 0 Å². The average Bonchev–Trinajstić information content (AvgIpc) is 2.70. The van der Waals surface area contributed by atoms with Crippen molar-refractivity contribution in [3.05, 3.63) is 0 Å². The Morgan fingerprint density at radius 2 is 2.22 bits per heavy atom. The van der Waals surface area contributed by atoms with Crippen LogP contribution in [0.15, 0.2) is 0 Å². The van der Waals surface area contributed by atoms with Crippen LogP contribution >= 0.6 is 0 Å². The number of nitrogens with zero attached hydrogens (tertiary/aromatic N) is 1. The molecule has 4 heteroatoms. The summed E-state index contributed by atoms with van der Waals surface area (Å²) in [6.45, 7) is 7.76. The van der Waals surface area contributed by atoms with Gasteiger partial charge in [0.05, 0.1) is 6.61 Å². The average molecular weight is 256 g/mol. The number of carbonyl (C=O) groups excluding carboxylic acids is 1. The molecule has 2 N–H and O–H groups in total. The highest BCUT2D eigenvalue weighted by molar-refractivity contribution is 5.81. The molecule has 0 aromatic heterocycles. The van der Waals surface area contributed by atoms with Gasteiger partial charge in [-0.05, 0) is 52.1 Å². The van der Waals surface area contributed by atoms with Crippen LogP contribution in [-0.2, 0) is 9.53 Å². The molecule has 2 unspecified atom stereocenters. The van der Waals surface area contributed by atoms with Crippen molar-refractivity contribution in [3.63, 3.8) is 0 Å². The van der Waals surface area contributed by atoms with Gasteiger partial charge in [-0.2, -0.15) is 0 Å². The van der Waals surface area contributed by atoms with Crippen LogP contribution in [0.4, 0.5) is 0 Å². The Morgan fingerprint density at radius 1 is 1.56 bits per heavy atom. The zero-order valence-corrected chi connectivity index (χ0v) is 12.2. The van der Waals surface area contributed by atoms with Crippen molar-refractivity contribution in [2.24, 2.45) is 11.7 Å². The molecule has 0 spiro atoms.